The van der Waals surface area contributed by atoms with E-state index in [1.807, 2.05) is 11.0 Å². The first-order valence-electron chi connectivity index (χ1n) is 8.50. The number of likely N-dealkylation sites (tertiary alicyclic amines) is 1. The topological polar surface area (TPSA) is 61.4 Å². The lowest BCUT2D eigenvalue weighted by Crippen LogP contribution is -2.69. The Kier molecular flexibility index (Phi) is 4.55. The second kappa shape index (κ2) is 6.60. The summed E-state index contributed by atoms with van der Waals surface area (Å²) in [6.45, 7) is 3.25. The van der Waals surface area contributed by atoms with Gasteiger partial charge in [0.25, 0.3) is 0 Å². The van der Waals surface area contributed by atoms with Crippen LogP contribution in [0.3, 0.4) is 0 Å². The molecule has 1 aliphatic carbocycles. The summed E-state index contributed by atoms with van der Waals surface area (Å²) < 4.78 is 0. The van der Waals surface area contributed by atoms with E-state index in [4.69, 9.17) is 0 Å². The average molecular weight is 315 g/mol. The largest absolute Gasteiger partial charge is 0.355 e. The summed E-state index contributed by atoms with van der Waals surface area (Å²) >= 11 is 0. The van der Waals surface area contributed by atoms with E-state index in [1.165, 1.54) is 31.7 Å². The molecule has 1 saturated carbocycles. The van der Waals surface area contributed by atoms with E-state index >= 15 is 0 Å². The van der Waals surface area contributed by atoms with Gasteiger partial charge in [0, 0.05) is 32.5 Å². The number of urea groups is 1. The van der Waals surface area contributed by atoms with Crippen molar-refractivity contribution in [2.24, 2.45) is 5.92 Å². The first-order valence-corrected chi connectivity index (χ1v) is 8.50. The maximum atomic E-state index is 12.6. The Labute approximate surface area is 137 Å². The standard InChI is InChI=1S/C18H25N3O2/c1-14(22)19-11-12-20-17(23)21-13-16-9-5-6-10-18(16,21)15-7-3-2-4-8-15/h2-4,7-8,16H,5-6,9-13H2,1H3,(H,19,22)(H,20,23)/t16-,18+/m0/s1. The van der Waals surface area contributed by atoms with Crippen molar-refractivity contribution in [3.05, 3.63) is 35.9 Å². The van der Waals surface area contributed by atoms with Crippen LogP contribution < -0.4 is 10.6 Å². The lowest BCUT2D eigenvalue weighted by atomic mass is 9.62. The summed E-state index contributed by atoms with van der Waals surface area (Å²) in [6.07, 6.45) is 4.67. The minimum absolute atomic E-state index is 0.0163. The number of carbonyl (C=O) groups excluding carboxylic acids is 2. The van der Waals surface area contributed by atoms with E-state index in [9.17, 15) is 9.59 Å². The smallest absolute Gasteiger partial charge is 0.318 e. The zero-order valence-corrected chi connectivity index (χ0v) is 13.7. The Morgan fingerprint density at radius 1 is 1.17 bits per heavy atom. The summed E-state index contributed by atoms with van der Waals surface area (Å²) in [7, 11) is 0. The monoisotopic (exact) mass is 315 g/mol. The Hall–Kier alpha value is -2.04. The van der Waals surface area contributed by atoms with Crippen LogP contribution in [0.1, 0.15) is 38.2 Å². The van der Waals surface area contributed by atoms with Crippen molar-refractivity contribution in [2.75, 3.05) is 19.6 Å². The fraction of sp³-hybridized carbons (Fsp3) is 0.556. The Morgan fingerprint density at radius 2 is 1.91 bits per heavy atom. The molecule has 1 aromatic rings. The summed E-state index contributed by atoms with van der Waals surface area (Å²) in [4.78, 5) is 25.5. The molecule has 3 amide bonds. The first-order chi connectivity index (χ1) is 11.1. The van der Waals surface area contributed by atoms with Crippen molar-refractivity contribution < 1.29 is 9.59 Å². The van der Waals surface area contributed by atoms with Crippen LogP contribution in [0.15, 0.2) is 30.3 Å². The van der Waals surface area contributed by atoms with E-state index in [-0.39, 0.29) is 17.5 Å². The van der Waals surface area contributed by atoms with E-state index in [0.717, 1.165) is 13.0 Å². The third-order valence-electron chi connectivity index (χ3n) is 5.21. The van der Waals surface area contributed by atoms with Crippen LogP contribution in [0.4, 0.5) is 4.79 Å². The zero-order chi connectivity index (χ0) is 16.3. The summed E-state index contributed by atoms with van der Waals surface area (Å²) in [6, 6.07) is 10.4. The molecule has 2 fully saturated rings. The van der Waals surface area contributed by atoms with Gasteiger partial charge in [-0.3, -0.25) is 4.79 Å². The molecule has 0 bridgehead atoms. The van der Waals surface area contributed by atoms with Gasteiger partial charge in [-0.25, -0.2) is 4.79 Å². The van der Waals surface area contributed by atoms with Crippen molar-refractivity contribution in [3.8, 4) is 0 Å². The SMILES string of the molecule is CC(=O)NCCNC(=O)N1C[C@@H]2CCCC[C@@]21c1ccccc1. The van der Waals surface area contributed by atoms with Gasteiger partial charge in [0.1, 0.15) is 0 Å². The molecule has 3 rings (SSSR count). The molecule has 0 unspecified atom stereocenters. The average Bonchev–Trinajstić information content (AvgIpc) is 2.53. The molecule has 124 valence electrons. The predicted molar refractivity (Wildman–Crippen MR) is 88.9 cm³/mol. The molecule has 0 radical (unpaired) electrons. The molecule has 2 N–H and O–H groups in total. The second-order valence-electron chi connectivity index (χ2n) is 6.56. The second-order valence-corrected chi connectivity index (χ2v) is 6.56. The molecule has 0 spiro atoms. The molecule has 2 atom stereocenters. The minimum Gasteiger partial charge on any atom is -0.355 e. The molecule has 1 aliphatic heterocycles. The number of nitrogens with zero attached hydrogens (tertiary/aromatic N) is 1. The number of amides is 3. The van der Waals surface area contributed by atoms with Crippen LogP contribution >= 0.6 is 0 Å². The lowest BCUT2D eigenvalue weighted by Gasteiger charge is -2.61. The van der Waals surface area contributed by atoms with Crippen LogP contribution in [0.25, 0.3) is 0 Å². The van der Waals surface area contributed by atoms with Gasteiger partial charge in [0.2, 0.25) is 5.91 Å². The van der Waals surface area contributed by atoms with Crippen LogP contribution in [-0.4, -0.2) is 36.5 Å². The Morgan fingerprint density at radius 3 is 2.61 bits per heavy atom. The molecular formula is C18H25N3O2. The highest BCUT2D eigenvalue weighted by Crippen LogP contribution is 2.53. The number of carbonyl (C=O) groups is 2. The highest BCUT2D eigenvalue weighted by atomic mass is 16.2. The molecule has 1 aromatic carbocycles. The van der Waals surface area contributed by atoms with Crippen molar-refractivity contribution in [3.63, 3.8) is 0 Å². The Bertz CT molecular complexity index is 575. The van der Waals surface area contributed by atoms with E-state index in [1.54, 1.807) is 0 Å². The number of rotatable bonds is 4. The molecule has 5 nitrogen and oxygen atoms in total. The van der Waals surface area contributed by atoms with E-state index in [2.05, 4.69) is 34.9 Å². The van der Waals surface area contributed by atoms with Gasteiger partial charge in [-0.05, 0) is 18.4 Å². The molecule has 2 aliphatic rings. The van der Waals surface area contributed by atoms with Gasteiger partial charge in [0.15, 0.2) is 0 Å². The number of hydrogen-bond acceptors (Lipinski definition) is 2. The molecule has 5 heteroatoms. The zero-order valence-electron chi connectivity index (χ0n) is 13.7. The van der Waals surface area contributed by atoms with Crippen molar-refractivity contribution >= 4 is 11.9 Å². The van der Waals surface area contributed by atoms with E-state index in [0.29, 0.717) is 19.0 Å². The number of hydrogen-bond donors (Lipinski definition) is 2. The molecule has 1 heterocycles. The number of nitrogens with one attached hydrogen (secondary N) is 2. The highest BCUT2D eigenvalue weighted by Gasteiger charge is 2.56. The van der Waals surface area contributed by atoms with Gasteiger partial charge in [-0.2, -0.15) is 0 Å². The van der Waals surface area contributed by atoms with Crippen molar-refractivity contribution in [1.82, 2.24) is 15.5 Å². The molecule has 23 heavy (non-hydrogen) atoms. The number of benzene rings is 1. The first kappa shape index (κ1) is 15.8. The van der Waals surface area contributed by atoms with Crippen LogP contribution in [0, 0.1) is 5.92 Å². The lowest BCUT2D eigenvalue weighted by molar-refractivity contribution is -0.118. The van der Waals surface area contributed by atoms with Crippen molar-refractivity contribution in [2.45, 2.75) is 38.1 Å². The van der Waals surface area contributed by atoms with Crippen LogP contribution in [0.5, 0.6) is 0 Å². The summed E-state index contributed by atoms with van der Waals surface area (Å²) in [5.41, 5.74) is 1.13. The van der Waals surface area contributed by atoms with Gasteiger partial charge < -0.3 is 15.5 Å². The summed E-state index contributed by atoms with van der Waals surface area (Å²) in [5.74, 6) is 0.496. The van der Waals surface area contributed by atoms with Gasteiger partial charge in [-0.15, -0.1) is 0 Å². The van der Waals surface area contributed by atoms with Gasteiger partial charge in [-0.1, -0.05) is 43.2 Å². The molecular weight excluding hydrogens is 290 g/mol. The normalized spacial score (nSPS) is 26.0. The minimum atomic E-state index is -0.127. The Balaban J connectivity index is 1.69. The quantitative estimate of drug-likeness (QED) is 0.837. The fourth-order valence-electron chi connectivity index (χ4n) is 4.13. The predicted octanol–water partition coefficient (Wildman–Crippen LogP) is 2.23. The summed E-state index contributed by atoms with van der Waals surface area (Å²) in [5, 5.41) is 5.64. The highest BCUT2D eigenvalue weighted by molar-refractivity contribution is 5.77. The maximum Gasteiger partial charge on any atom is 0.318 e. The van der Waals surface area contributed by atoms with Gasteiger partial charge >= 0.3 is 6.03 Å². The fourth-order valence-corrected chi connectivity index (χ4v) is 4.13. The maximum absolute atomic E-state index is 12.6. The molecule has 1 saturated heterocycles. The van der Waals surface area contributed by atoms with E-state index < -0.39 is 0 Å². The van der Waals surface area contributed by atoms with Gasteiger partial charge in [0.05, 0.1) is 5.54 Å². The van der Waals surface area contributed by atoms with Crippen molar-refractivity contribution in [1.29, 1.82) is 0 Å². The molecule has 0 aromatic heterocycles. The van der Waals surface area contributed by atoms with Crippen LogP contribution in [-0.2, 0) is 10.3 Å². The van der Waals surface area contributed by atoms with Crippen LogP contribution in [0.2, 0.25) is 0 Å². The third kappa shape index (κ3) is 2.92. The number of fused-ring (bicyclic) bond motifs is 1. The third-order valence-corrected chi connectivity index (χ3v) is 5.21.